The molecule has 16 heavy (non-hydrogen) atoms. The maximum absolute atomic E-state index is 10.0. The Morgan fingerprint density at radius 1 is 1.19 bits per heavy atom. The van der Waals surface area contributed by atoms with Crippen LogP contribution in [0.4, 0.5) is 0 Å². The summed E-state index contributed by atoms with van der Waals surface area (Å²) in [5.41, 5.74) is 0.101. The minimum atomic E-state index is -0.856. The molecule has 0 bridgehead atoms. The highest BCUT2D eigenvalue weighted by atomic mass is 16.3. The summed E-state index contributed by atoms with van der Waals surface area (Å²) >= 11 is 0. The Morgan fingerprint density at radius 3 is 2.50 bits per heavy atom. The monoisotopic (exact) mass is 216 g/mol. The van der Waals surface area contributed by atoms with E-state index in [1.165, 1.54) is 6.42 Å². The zero-order valence-electron chi connectivity index (χ0n) is 10.2. The van der Waals surface area contributed by atoms with Gasteiger partial charge in [0.25, 0.3) is 0 Å². The molecule has 86 valence electrons. The molecule has 0 aromatic heterocycles. The van der Waals surface area contributed by atoms with Crippen LogP contribution in [-0.2, 0) is 0 Å². The fraction of sp³-hybridized carbons (Fsp3) is 0.467. The van der Waals surface area contributed by atoms with Crippen molar-refractivity contribution in [3.8, 4) is 11.8 Å². The summed E-state index contributed by atoms with van der Waals surface area (Å²) in [6.45, 7) is 3.95. The van der Waals surface area contributed by atoms with Crippen LogP contribution in [0.15, 0.2) is 30.3 Å². The van der Waals surface area contributed by atoms with Crippen molar-refractivity contribution in [2.45, 2.75) is 45.1 Å². The van der Waals surface area contributed by atoms with Crippen LogP contribution in [0, 0.1) is 11.8 Å². The summed E-state index contributed by atoms with van der Waals surface area (Å²) in [7, 11) is 0. The van der Waals surface area contributed by atoms with Gasteiger partial charge >= 0.3 is 0 Å². The average Bonchev–Trinajstić information content (AvgIpc) is 2.28. The Hall–Kier alpha value is -1.26. The first-order valence-corrected chi connectivity index (χ1v) is 5.94. The summed E-state index contributed by atoms with van der Waals surface area (Å²) < 4.78 is 0. The first kappa shape index (κ1) is 12.8. The lowest BCUT2D eigenvalue weighted by Gasteiger charge is -2.15. The molecule has 0 aliphatic heterocycles. The smallest absolute Gasteiger partial charge is 0.123 e. The highest BCUT2D eigenvalue weighted by Gasteiger charge is 2.15. The Labute approximate surface area is 98.5 Å². The molecule has 0 heterocycles. The van der Waals surface area contributed by atoms with Crippen molar-refractivity contribution in [3.05, 3.63) is 35.9 Å². The van der Waals surface area contributed by atoms with E-state index in [0.717, 1.165) is 24.8 Å². The number of hydrogen-bond acceptors (Lipinski definition) is 1. The van der Waals surface area contributed by atoms with Gasteiger partial charge in [-0.15, -0.1) is 0 Å². The van der Waals surface area contributed by atoms with Crippen molar-refractivity contribution < 1.29 is 5.11 Å². The van der Waals surface area contributed by atoms with Gasteiger partial charge in [-0.25, -0.2) is 0 Å². The van der Waals surface area contributed by atoms with E-state index >= 15 is 0 Å². The second-order valence-electron chi connectivity index (χ2n) is 4.35. The molecule has 1 aromatic rings. The van der Waals surface area contributed by atoms with Crippen LogP contribution in [-0.4, -0.2) is 10.7 Å². The van der Waals surface area contributed by atoms with Gasteiger partial charge in [-0.2, -0.15) is 0 Å². The van der Waals surface area contributed by atoms with E-state index in [2.05, 4.69) is 18.8 Å². The summed E-state index contributed by atoms with van der Waals surface area (Å²) in [4.78, 5) is 0. The molecule has 0 fully saturated rings. The van der Waals surface area contributed by atoms with Crippen LogP contribution in [0.25, 0.3) is 0 Å². The van der Waals surface area contributed by atoms with Crippen molar-refractivity contribution in [1.29, 1.82) is 0 Å². The number of benzene rings is 1. The van der Waals surface area contributed by atoms with Crippen LogP contribution < -0.4 is 0 Å². The highest BCUT2D eigenvalue weighted by molar-refractivity contribution is 5.35. The highest BCUT2D eigenvalue weighted by Crippen LogP contribution is 2.13. The Balaban J connectivity index is 2.55. The van der Waals surface area contributed by atoms with Gasteiger partial charge in [-0.1, -0.05) is 49.8 Å². The zero-order chi connectivity index (χ0) is 11.9. The first-order valence-electron chi connectivity index (χ1n) is 5.94. The molecule has 1 heteroatoms. The van der Waals surface area contributed by atoms with Gasteiger partial charge < -0.3 is 5.11 Å². The predicted molar refractivity (Wildman–Crippen MR) is 68.1 cm³/mol. The lowest BCUT2D eigenvalue weighted by atomic mass is 9.98. The molecule has 1 atom stereocenters. The quantitative estimate of drug-likeness (QED) is 0.604. The summed E-state index contributed by atoms with van der Waals surface area (Å²) in [6.07, 6.45) is 4.11. The van der Waals surface area contributed by atoms with E-state index < -0.39 is 5.60 Å². The molecule has 0 saturated carbocycles. The standard InChI is InChI=1S/C15H20O/c1-3-4-8-12-15(2,16)13-11-14-9-6-5-7-10-14/h5-7,9-10,16H,3-4,8,12H2,1-2H3. The second-order valence-corrected chi connectivity index (χ2v) is 4.35. The Bertz CT molecular complexity index is 354. The van der Waals surface area contributed by atoms with Crippen LogP contribution in [0.5, 0.6) is 0 Å². The van der Waals surface area contributed by atoms with E-state index in [-0.39, 0.29) is 0 Å². The molecule has 1 unspecified atom stereocenters. The molecule has 0 radical (unpaired) electrons. The molecular formula is C15H20O. The van der Waals surface area contributed by atoms with Crippen molar-refractivity contribution in [3.63, 3.8) is 0 Å². The second kappa shape index (κ2) is 6.35. The van der Waals surface area contributed by atoms with E-state index in [1.807, 2.05) is 30.3 Å². The third-order valence-corrected chi connectivity index (χ3v) is 2.52. The number of hydrogen-bond donors (Lipinski definition) is 1. The molecule has 0 amide bonds. The topological polar surface area (TPSA) is 20.2 Å². The molecule has 0 saturated heterocycles. The Kier molecular flexibility index (Phi) is 5.08. The fourth-order valence-corrected chi connectivity index (χ4v) is 1.51. The van der Waals surface area contributed by atoms with Gasteiger partial charge in [0.15, 0.2) is 0 Å². The van der Waals surface area contributed by atoms with Crippen molar-refractivity contribution in [2.75, 3.05) is 0 Å². The van der Waals surface area contributed by atoms with Crippen LogP contribution in [0.3, 0.4) is 0 Å². The van der Waals surface area contributed by atoms with Gasteiger partial charge in [0.2, 0.25) is 0 Å². The molecule has 0 aliphatic rings. The van der Waals surface area contributed by atoms with Crippen LogP contribution in [0.1, 0.15) is 45.1 Å². The zero-order valence-corrected chi connectivity index (χ0v) is 10.2. The molecule has 1 aromatic carbocycles. The molecular weight excluding hydrogens is 196 g/mol. The lowest BCUT2D eigenvalue weighted by Crippen LogP contribution is -2.21. The third kappa shape index (κ3) is 5.00. The Morgan fingerprint density at radius 2 is 1.88 bits per heavy atom. The van der Waals surface area contributed by atoms with Crippen LogP contribution >= 0.6 is 0 Å². The van der Waals surface area contributed by atoms with Gasteiger partial charge in [0, 0.05) is 5.56 Å². The number of unbranched alkanes of at least 4 members (excludes halogenated alkanes) is 2. The number of aliphatic hydroxyl groups is 1. The maximum atomic E-state index is 10.0. The van der Waals surface area contributed by atoms with Gasteiger partial charge in [-0.3, -0.25) is 0 Å². The van der Waals surface area contributed by atoms with Crippen LogP contribution in [0.2, 0.25) is 0 Å². The summed E-state index contributed by atoms with van der Waals surface area (Å²) in [6, 6.07) is 9.78. The molecule has 1 nitrogen and oxygen atoms in total. The van der Waals surface area contributed by atoms with Gasteiger partial charge in [0.1, 0.15) is 5.60 Å². The van der Waals surface area contributed by atoms with Crippen molar-refractivity contribution in [2.24, 2.45) is 0 Å². The fourth-order valence-electron chi connectivity index (χ4n) is 1.51. The van der Waals surface area contributed by atoms with Gasteiger partial charge in [-0.05, 0) is 31.9 Å². The largest absolute Gasteiger partial charge is 0.378 e. The summed E-state index contributed by atoms with van der Waals surface area (Å²) in [5.74, 6) is 5.95. The molecule has 0 spiro atoms. The first-order chi connectivity index (χ1) is 7.64. The predicted octanol–water partition coefficient (Wildman–Crippen LogP) is 3.37. The molecule has 1 rings (SSSR count). The third-order valence-electron chi connectivity index (χ3n) is 2.52. The van der Waals surface area contributed by atoms with Gasteiger partial charge in [0.05, 0.1) is 0 Å². The average molecular weight is 216 g/mol. The molecule has 1 N–H and O–H groups in total. The molecule has 0 aliphatic carbocycles. The van der Waals surface area contributed by atoms with E-state index in [9.17, 15) is 5.11 Å². The normalized spacial score (nSPS) is 13.7. The van der Waals surface area contributed by atoms with E-state index in [1.54, 1.807) is 6.92 Å². The lowest BCUT2D eigenvalue weighted by molar-refractivity contribution is 0.109. The maximum Gasteiger partial charge on any atom is 0.123 e. The summed E-state index contributed by atoms with van der Waals surface area (Å²) in [5, 5.41) is 10.0. The van der Waals surface area contributed by atoms with Crippen molar-refractivity contribution >= 4 is 0 Å². The van der Waals surface area contributed by atoms with E-state index in [4.69, 9.17) is 0 Å². The van der Waals surface area contributed by atoms with E-state index in [0.29, 0.717) is 0 Å². The SMILES string of the molecule is CCCCCC(C)(O)C#Cc1ccccc1. The minimum Gasteiger partial charge on any atom is -0.378 e. The van der Waals surface area contributed by atoms with Crippen molar-refractivity contribution in [1.82, 2.24) is 0 Å². The minimum absolute atomic E-state index is 0.751. The number of rotatable bonds is 4.